The molecule has 6 nitrogen and oxygen atoms in total. The standard InChI is InChI=1S/C18H17NO5/c1-22-7-8-23-12-24-17-6-5-13(11-19)9-16(17)14-3-2-4-15(10-14)18(20)21/h2-6,9-10H,7-8,12H2,1H3,(H,20,21). The quantitative estimate of drug-likeness (QED) is 0.592. The third kappa shape index (κ3) is 4.56. The molecule has 24 heavy (non-hydrogen) atoms. The molecule has 0 aliphatic carbocycles. The normalized spacial score (nSPS) is 10.2. The highest BCUT2D eigenvalue weighted by atomic mass is 16.7. The van der Waals surface area contributed by atoms with Gasteiger partial charge in [0.2, 0.25) is 0 Å². The Morgan fingerprint density at radius 1 is 1.21 bits per heavy atom. The number of carbonyl (C=O) groups is 1. The molecule has 0 amide bonds. The van der Waals surface area contributed by atoms with E-state index in [4.69, 9.17) is 24.6 Å². The molecule has 0 radical (unpaired) electrons. The molecule has 0 aliphatic heterocycles. The van der Waals surface area contributed by atoms with Crippen LogP contribution in [-0.4, -0.2) is 38.2 Å². The smallest absolute Gasteiger partial charge is 0.335 e. The van der Waals surface area contributed by atoms with Crippen LogP contribution in [0.5, 0.6) is 5.75 Å². The summed E-state index contributed by atoms with van der Waals surface area (Å²) < 4.78 is 15.8. The van der Waals surface area contributed by atoms with Gasteiger partial charge in [-0.1, -0.05) is 12.1 Å². The number of hydrogen-bond donors (Lipinski definition) is 1. The van der Waals surface area contributed by atoms with Gasteiger partial charge in [-0.2, -0.15) is 5.26 Å². The average Bonchev–Trinajstić information content (AvgIpc) is 2.61. The van der Waals surface area contributed by atoms with Crippen molar-refractivity contribution in [1.29, 1.82) is 5.26 Å². The molecule has 6 heteroatoms. The van der Waals surface area contributed by atoms with Crippen molar-refractivity contribution in [3.05, 3.63) is 53.6 Å². The van der Waals surface area contributed by atoms with Crippen LogP contribution in [-0.2, 0) is 9.47 Å². The third-order valence-corrected chi connectivity index (χ3v) is 3.26. The summed E-state index contributed by atoms with van der Waals surface area (Å²) in [4.78, 5) is 11.1. The number of nitrogens with zero attached hydrogens (tertiary/aromatic N) is 1. The second-order valence-corrected chi connectivity index (χ2v) is 4.87. The lowest BCUT2D eigenvalue weighted by atomic mass is 10.0. The Labute approximate surface area is 139 Å². The highest BCUT2D eigenvalue weighted by Crippen LogP contribution is 2.31. The Hall–Kier alpha value is -2.88. The zero-order valence-electron chi connectivity index (χ0n) is 13.2. The van der Waals surface area contributed by atoms with Gasteiger partial charge >= 0.3 is 5.97 Å². The van der Waals surface area contributed by atoms with Crippen LogP contribution < -0.4 is 4.74 Å². The summed E-state index contributed by atoms with van der Waals surface area (Å²) in [7, 11) is 1.58. The zero-order chi connectivity index (χ0) is 17.4. The average molecular weight is 327 g/mol. The second-order valence-electron chi connectivity index (χ2n) is 4.87. The van der Waals surface area contributed by atoms with Crippen LogP contribution in [0.3, 0.4) is 0 Å². The number of hydrogen-bond acceptors (Lipinski definition) is 5. The molecule has 0 spiro atoms. The monoisotopic (exact) mass is 327 g/mol. The largest absolute Gasteiger partial charge is 0.478 e. The number of carboxylic acid groups (broad SMARTS) is 1. The molecular formula is C18H17NO5. The van der Waals surface area contributed by atoms with E-state index >= 15 is 0 Å². The molecular weight excluding hydrogens is 310 g/mol. The minimum absolute atomic E-state index is 0.0287. The van der Waals surface area contributed by atoms with E-state index < -0.39 is 5.97 Å². The lowest BCUT2D eigenvalue weighted by molar-refractivity contribution is -0.00822. The van der Waals surface area contributed by atoms with Crippen molar-refractivity contribution in [3.63, 3.8) is 0 Å². The number of rotatable bonds is 8. The summed E-state index contributed by atoms with van der Waals surface area (Å²) in [6.45, 7) is 0.891. The zero-order valence-corrected chi connectivity index (χ0v) is 13.2. The second kappa shape index (κ2) is 8.67. The first kappa shape index (κ1) is 17.5. The topological polar surface area (TPSA) is 88.8 Å². The molecule has 0 fully saturated rings. The van der Waals surface area contributed by atoms with Crippen LogP contribution in [0.1, 0.15) is 15.9 Å². The maximum absolute atomic E-state index is 11.1. The maximum Gasteiger partial charge on any atom is 0.335 e. The first-order chi connectivity index (χ1) is 11.7. The Bertz CT molecular complexity index is 751. The van der Waals surface area contributed by atoms with Gasteiger partial charge in [0.25, 0.3) is 0 Å². The van der Waals surface area contributed by atoms with Gasteiger partial charge in [-0.3, -0.25) is 0 Å². The van der Waals surface area contributed by atoms with Gasteiger partial charge in [-0.05, 0) is 35.9 Å². The molecule has 124 valence electrons. The van der Waals surface area contributed by atoms with Crippen LogP contribution in [0.15, 0.2) is 42.5 Å². The van der Waals surface area contributed by atoms with Crippen molar-refractivity contribution in [2.24, 2.45) is 0 Å². The van der Waals surface area contributed by atoms with E-state index in [0.717, 1.165) is 0 Å². The maximum atomic E-state index is 11.1. The van der Waals surface area contributed by atoms with Gasteiger partial charge in [-0.25, -0.2) is 4.79 Å². The molecule has 1 N–H and O–H groups in total. The fourth-order valence-corrected chi connectivity index (χ4v) is 2.08. The summed E-state index contributed by atoms with van der Waals surface area (Å²) in [6, 6.07) is 13.5. The van der Waals surface area contributed by atoms with Gasteiger partial charge < -0.3 is 19.3 Å². The number of methoxy groups -OCH3 is 1. The van der Waals surface area contributed by atoms with E-state index in [1.165, 1.54) is 12.1 Å². The first-order valence-corrected chi connectivity index (χ1v) is 7.23. The number of benzene rings is 2. The molecule has 0 bridgehead atoms. The van der Waals surface area contributed by atoms with Gasteiger partial charge in [0.15, 0.2) is 6.79 Å². The highest BCUT2D eigenvalue weighted by molar-refractivity contribution is 5.89. The van der Waals surface area contributed by atoms with E-state index in [2.05, 4.69) is 6.07 Å². The number of ether oxygens (including phenoxy) is 3. The highest BCUT2D eigenvalue weighted by Gasteiger charge is 2.11. The number of carboxylic acids is 1. The number of aromatic carboxylic acids is 1. The molecule has 2 rings (SSSR count). The third-order valence-electron chi connectivity index (χ3n) is 3.26. The lowest BCUT2D eigenvalue weighted by Gasteiger charge is -2.13. The van der Waals surface area contributed by atoms with E-state index in [1.54, 1.807) is 37.4 Å². The van der Waals surface area contributed by atoms with Crippen LogP contribution in [0.25, 0.3) is 11.1 Å². The van der Waals surface area contributed by atoms with Crippen molar-refractivity contribution in [2.75, 3.05) is 27.1 Å². The minimum atomic E-state index is -1.02. The van der Waals surface area contributed by atoms with E-state index in [-0.39, 0.29) is 12.4 Å². The van der Waals surface area contributed by atoms with Crippen LogP contribution in [0.4, 0.5) is 0 Å². The van der Waals surface area contributed by atoms with E-state index in [1.807, 2.05) is 0 Å². The fourth-order valence-electron chi connectivity index (χ4n) is 2.08. The molecule has 0 saturated carbocycles. The molecule has 0 aliphatic rings. The van der Waals surface area contributed by atoms with Gasteiger partial charge in [-0.15, -0.1) is 0 Å². The molecule has 2 aromatic carbocycles. The summed E-state index contributed by atoms with van der Waals surface area (Å²) in [5.74, 6) is -0.507. The van der Waals surface area contributed by atoms with Crippen LogP contribution in [0, 0.1) is 11.3 Å². The lowest BCUT2D eigenvalue weighted by Crippen LogP contribution is -2.08. The molecule has 0 unspecified atom stereocenters. The van der Waals surface area contributed by atoms with Gasteiger partial charge in [0, 0.05) is 12.7 Å². The fraction of sp³-hybridized carbons (Fsp3) is 0.222. The molecule has 0 saturated heterocycles. The van der Waals surface area contributed by atoms with Crippen LogP contribution >= 0.6 is 0 Å². The summed E-state index contributed by atoms with van der Waals surface area (Å²) in [6.07, 6.45) is 0. The minimum Gasteiger partial charge on any atom is -0.478 e. The van der Waals surface area contributed by atoms with Gasteiger partial charge in [0.1, 0.15) is 5.75 Å². The molecule has 2 aromatic rings. The SMILES string of the molecule is COCCOCOc1ccc(C#N)cc1-c1cccc(C(=O)O)c1. The van der Waals surface area contributed by atoms with E-state index in [9.17, 15) is 4.79 Å². The summed E-state index contributed by atoms with van der Waals surface area (Å²) in [5, 5.41) is 18.2. The first-order valence-electron chi connectivity index (χ1n) is 7.23. The summed E-state index contributed by atoms with van der Waals surface area (Å²) in [5.41, 5.74) is 1.90. The summed E-state index contributed by atoms with van der Waals surface area (Å²) >= 11 is 0. The molecule has 0 atom stereocenters. The Kier molecular flexibility index (Phi) is 6.32. The van der Waals surface area contributed by atoms with Crippen LogP contribution in [0.2, 0.25) is 0 Å². The Balaban J connectivity index is 2.27. The Morgan fingerprint density at radius 3 is 2.75 bits per heavy atom. The predicted octanol–water partition coefficient (Wildman–Crippen LogP) is 2.92. The Morgan fingerprint density at radius 2 is 2.04 bits per heavy atom. The van der Waals surface area contributed by atoms with E-state index in [0.29, 0.717) is 35.7 Å². The van der Waals surface area contributed by atoms with Crippen molar-refractivity contribution in [1.82, 2.24) is 0 Å². The van der Waals surface area contributed by atoms with Crippen molar-refractivity contribution in [2.45, 2.75) is 0 Å². The van der Waals surface area contributed by atoms with Crippen molar-refractivity contribution in [3.8, 4) is 22.9 Å². The van der Waals surface area contributed by atoms with Gasteiger partial charge in [0.05, 0.1) is 30.4 Å². The van der Waals surface area contributed by atoms with Crippen molar-refractivity contribution < 1.29 is 24.1 Å². The molecule has 0 heterocycles. The molecule has 0 aromatic heterocycles. The van der Waals surface area contributed by atoms with Crippen molar-refractivity contribution >= 4 is 5.97 Å². The number of nitriles is 1. The predicted molar refractivity (Wildman–Crippen MR) is 86.9 cm³/mol.